The molecule has 1 N–H and O–H groups in total. The smallest absolute Gasteiger partial charge is 0.163 e. The van der Waals surface area contributed by atoms with E-state index in [1.54, 1.807) is 12.1 Å². The molecule has 3 heteroatoms. The van der Waals surface area contributed by atoms with E-state index in [4.69, 9.17) is 0 Å². The molecule has 1 nitrogen and oxygen atoms in total. The summed E-state index contributed by atoms with van der Waals surface area (Å²) in [5.41, 5.74) is 0.427. The molecule has 106 valence electrons. The Morgan fingerprint density at radius 1 is 1.16 bits per heavy atom. The topological polar surface area (TPSA) is 12.0 Å². The fourth-order valence-corrected chi connectivity index (χ4v) is 3.01. The fourth-order valence-electron chi connectivity index (χ4n) is 3.01. The molecule has 1 aliphatic rings. The van der Waals surface area contributed by atoms with Crippen LogP contribution in [0.4, 0.5) is 8.78 Å². The molecule has 0 amide bonds. The highest BCUT2D eigenvalue weighted by Crippen LogP contribution is 2.26. The fraction of sp³-hybridized carbons (Fsp3) is 0.625. The Hall–Kier alpha value is -0.960. The Bertz CT molecular complexity index is 419. The van der Waals surface area contributed by atoms with Crippen LogP contribution in [0, 0.1) is 17.6 Å². The number of benzene rings is 1. The third-order valence-electron chi connectivity index (χ3n) is 4.27. The minimum Gasteiger partial charge on any atom is -0.307 e. The highest BCUT2D eigenvalue weighted by Gasteiger charge is 2.23. The third-order valence-corrected chi connectivity index (χ3v) is 4.27. The number of hydrogen-bond acceptors (Lipinski definition) is 1. The SMILES string of the molecule is CC(NC1CCCCCC1C)c1cccc(F)c1F. The molecule has 0 spiro atoms. The monoisotopic (exact) mass is 267 g/mol. The molecule has 1 saturated carbocycles. The van der Waals surface area contributed by atoms with Crippen molar-refractivity contribution in [2.24, 2.45) is 5.92 Å². The number of rotatable bonds is 3. The van der Waals surface area contributed by atoms with Crippen molar-refractivity contribution < 1.29 is 8.78 Å². The molecule has 0 aromatic heterocycles. The van der Waals surface area contributed by atoms with Gasteiger partial charge in [-0.05, 0) is 31.7 Å². The van der Waals surface area contributed by atoms with Crippen molar-refractivity contribution in [3.05, 3.63) is 35.4 Å². The average Bonchev–Trinajstić information content (AvgIpc) is 2.58. The predicted molar refractivity (Wildman–Crippen MR) is 73.9 cm³/mol. The Labute approximate surface area is 114 Å². The van der Waals surface area contributed by atoms with Gasteiger partial charge in [0.25, 0.3) is 0 Å². The van der Waals surface area contributed by atoms with Crippen LogP contribution in [0.1, 0.15) is 57.6 Å². The van der Waals surface area contributed by atoms with Crippen molar-refractivity contribution >= 4 is 0 Å². The number of nitrogens with one attached hydrogen (secondary N) is 1. The van der Waals surface area contributed by atoms with Gasteiger partial charge in [0.15, 0.2) is 11.6 Å². The summed E-state index contributed by atoms with van der Waals surface area (Å²) in [6.07, 6.45) is 6.13. The standard InChI is InChI=1S/C16H23F2N/c1-11-7-4-3-5-10-15(11)19-12(2)13-8-6-9-14(17)16(13)18/h6,8-9,11-12,15,19H,3-5,7,10H2,1-2H3. The van der Waals surface area contributed by atoms with Crippen molar-refractivity contribution in [3.63, 3.8) is 0 Å². The summed E-state index contributed by atoms with van der Waals surface area (Å²) < 4.78 is 27.0. The number of hydrogen-bond donors (Lipinski definition) is 1. The van der Waals surface area contributed by atoms with E-state index in [0.717, 1.165) is 6.42 Å². The van der Waals surface area contributed by atoms with Crippen LogP contribution in [-0.4, -0.2) is 6.04 Å². The maximum absolute atomic E-state index is 13.8. The second-order valence-electron chi connectivity index (χ2n) is 5.75. The largest absolute Gasteiger partial charge is 0.307 e. The lowest BCUT2D eigenvalue weighted by molar-refractivity contribution is 0.325. The van der Waals surface area contributed by atoms with Gasteiger partial charge in [0.2, 0.25) is 0 Å². The maximum Gasteiger partial charge on any atom is 0.163 e. The second-order valence-corrected chi connectivity index (χ2v) is 5.75. The van der Waals surface area contributed by atoms with Crippen molar-refractivity contribution in [3.8, 4) is 0 Å². The van der Waals surface area contributed by atoms with Gasteiger partial charge in [-0.2, -0.15) is 0 Å². The van der Waals surface area contributed by atoms with Gasteiger partial charge in [-0.25, -0.2) is 8.78 Å². The summed E-state index contributed by atoms with van der Waals surface area (Å²) in [6.45, 7) is 4.16. The Morgan fingerprint density at radius 3 is 2.68 bits per heavy atom. The summed E-state index contributed by atoms with van der Waals surface area (Å²) in [5, 5.41) is 3.49. The van der Waals surface area contributed by atoms with E-state index in [2.05, 4.69) is 12.2 Å². The van der Waals surface area contributed by atoms with Gasteiger partial charge in [0.05, 0.1) is 0 Å². The molecule has 0 bridgehead atoms. The van der Waals surface area contributed by atoms with E-state index in [0.29, 0.717) is 17.5 Å². The zero-order valence-corrected chi connectivity index (χ0v) is 11.8. The molecule has 1 aromatic rings. The van der Waals surface area contributed by atoms with Crippen LogP contribution in [0.2, 0.25) is 0 Å². The van der Waals surface area contributed by atoms with Gasteiger partial charge in [0.1, 0.15) is 0 Å². The van der Waals surface area contributed by atoms with Gasteiger partial charge < -0.3 is 5.32 Å². The molecule has 0 aliphatic heterocycles. The van der Waals surface area contributed by atoms with E-state index in [9.17, 15) is 8.78 Å². The van der Waals surface area contributed by atoms with E-state index in [1.165, 1.54) is 31.7 Å². The summed E-state index contributed by atoms with van der Waals surface area (Å²) in [5.74, 6) is -0.884. The maximum atomic E-state index is 13.8. The van der Waals surface area contributed by atoms with E-state index in [-0.39, 0.29) is 6.04 Å². The Morgan fingerprint density at radius 2 is 1.89 bits per heavy atom. The third kappa shape index (κ3) is 3.53. The highest BCUT2D eigenvalue weighted by molar-refractivity contribution is 5.22. The quantitative estimate of drug-likeness (QED) is 0.790. The molecular formula is C16H23F2N. The molecule has 19 heavy (non-hydrogen) atoms. The summed E-state index contributed by atoms with van der Waals surface area (Å²) in [4.78, 5) is 0. The summed E-state index contributed by atoms with van der Waals surface area (Å²) in [7, 11) is 0. The molecule has 1 fully saturated rings. The zero-order valence-electron chi connectivity index (χ0n) is 11.8. The lowest BCUT2D eigenvalue weighted by atomic mass is 9.95. The minimum absolute atomic E-state index is 0.152. The summed E-state index contributed by atoms with van der Waals surface area (Å²) >= 11 is 0. The molecule has 1 aromatic carbocycles. The first kappa shape index (κ1) is 14.4. The first-order valence-electron chi connectivity index (χ1n) is 7.29. The Balaban J connectivity index is 2.07. The lowest BCUT2D eigenvalue weighted by Crippen LogP contribution is -2.36. The Kier molecular flexibility index (Phi) is 4.92. The van der Waals surface area contributed by atoms with Gasteiger partial charge in [-0.15, -0.1) is 0 Å². The first-order valence-corrected chi connectivity index (χ1v) is 7.29. The van der Waals surface area contributed by atoms with Gasteiger partial charge in [-0.1, -0.05) is 38.3 Å². The molecule has 0 saturated heterocycles. The van der Waals surface area contributed by atoms with Crippen molar-refractivity contribution in [2.45, 2.75) is 58.0 Å². The van der Waals surface area contributed by atoms with Crippen molar-refractivity contribution in [2.75, 3.05) is 0 Å². The minimum atomic E-state index is -0.764. The zero-order chi connectivity index (χ0) is 13.8. The molecule has 3 unspecified atom stereocenters. The van der Waals surface area contributed by atoms with Crippen molar-refractivity contribution in [1.29, 1.82) is 0 Å². The van der Waals surface area contributed by atoms with E-state index < -0.39 is 11.6 Å². The van der Waals surface area contributed by atoms with E-state index >= 15 is 0 Å². The van der Waals surface area contributed by atoms with Crippen LogP contribution in [-0.2, 0) is 0 Å². The summed E-state index contributed by atoms with van der Waals surface area (Å²) in [6, 6.07) is 4.65. The molecular weight excluding hydrogens is 244 g/mol. The van der Waals surface area contributed by atoms with Crippen LogP contribution < -0.4 is 5.32 Å². The molecule has 3 atom stereocenters. The predicted octanol–water partition coefficient (Wildman–Crippen LogP) is 4.58. The molecule has 0 radical (unpaired) electrons. The molecule has 2 rings (SSSR count). The normalized spacial score (nSPS) is 25.9. The first-order chi connectivity index (χ1) is 9.09. The molecule has 0 heterocycles. The lowest BCUT2D eigenvalue weighted by Gasteiger charge is -2.27. The van der Waals surface area contributed by atoms with Crippen LogP contribution >= 0.6 is 0 Å². The van der Waals surface area contributed by atoms with Crippen LogP contribution in [0.5, 0.6) is 0 Å². The van der Waals surface area contributed by atoms with Crippen LogP contribution in [0.15, 0.2) is 18.2 Å². The average molecular weight is 267 g/mol. The molecule has 1 aliphatic carbocycles. The van der Waals surface area contributed by atoms with Crippen LogP contribution in [0.25, 0.3) is 0 Å². The van der Waals surface area contributed by atoms with E-state index in [1.807, 2.05) is 6.92 Å². The second kappa shape index (κ2) is 6.47. The number of halogens is 2. The van der Waals surface area contributed by atoms with Gasteiger partial charge >= 0.3 is 0 Å². The van der Waals surface area contributed by atoms with Gasteiger partial charge in [0, 0.05) is 17.6 Å². The van der Waals surface area contributed by atoms with Gasteiger partial charge in [-0.3, -0.25) is 0 Å². The van der Waals surface area contributed by atoms with Crippen molar-refractivity contribution in [1.82, 2.24) is 5.32 Å². The highest BCUT2D eigenvalue weighted by atomic mass is 19.2. The van der Waals surface area contributed by atoms with Crippen LogP contribution in [0.3, 0.4) is 0 Å².